The standard InChI is InChI=1S/C25H32N4O5/c1-5-21(26-4)23(30)27-13-15-33-16-14-28-24(31)22-12-11-20(18(2)3)25(32)29(22)34-17-19-9-7-6-8-10-19/h5-12,26H,2,13-17H2,1,3-4H3,(H,27,30)(H,28,31)/b21-5-. The molecule has 0 aliphatic heterocycles. The van der Waals surface area contributed by atoms with Gasteiger partial charge in [0.05, 0.1) is 18.9 Å². The topological polar surface area (TPSA) is 111 Å². The van der Waals surface area contributed by atoms with Gasteiger partial charge < -0.3 is 25.5 Å². The number of allylic oxidation sites excluding steroid dienone is 2. The molecule has 0 saturated carbocycles. The molecule has 34 heavy (non-hydrogen) atoms. The second-order valence-electron chi connectivity index (χ2n) is 7.35. The van der Waals surface area contributed by atoms with Crippen molar-refractivity contribution < 1.29 is 19.2 Å². The van der Waals surface area contributed by atoms with Crippen molar-refractivity contribution in [1.29, 1.82) is 0 Å². The lowest BCUT2D eigenvalue weighted by Gasteiger charge is -2.15. The Labute approximate surface area is 199 Å². The molecule has 2 rings (SSSR count). The second kappa shape index (κ2) is 13.6. The molecule has 0 radical (unpaired) electrons. The Balaban J connectivity index is 1.92. The van der Waals surface area contributed by atoms with Crippen molar-refractivity contribution >= 4 is 17.4 Å². The zero-order valence-electron chi connectivity index (χ0n) is 19.8. The first-order valence-corrected chi connectivity index (χ1v) is 11.0. The van der Waals surface area contributed by atoms with Crippen LogP contribution in [0, 0.1) is 0 Å². The summed E-state index contributed by atoms with van der Waals surface area (Å²) in [6.45, 7) is 8.51. The number of carbonyl (C=O) groups is 2. The van der Waals surface area contributed by atoms with Crippen LogP contribution in [0.25, 0.3) is 5.57 Å². The molecule has 0 fully saturated rings. The third kappa shape index (κ3) is 7.63. The SMILES string of the molecule is C=C(C)c1ccc(C(=O)NCCOCCNC(=O)/C(=C/C)NC)n(OCc2ccccc2)c1=O. The average Bonchev–Trinajstić information content (AvgIpc) is 2.83. The van der Waals surface area contributed by atoms with Crippen LogP contribution in [0.5, 0.6) is 0 Å². The lowest BCUT2D eigenvalue weighted by Crippen LogP contribution is -2.38. The van der Waals surface area contributed by atoms with E-state index in [2.05, 4.69) is 22.5 Å². The van der Waals surface area contributed by atoms with Crippen LogP contribution in [0.2, 0.25) is 0 Å². The molecule has 9 heteroatoms. The predicted octanol–water partition coefficient (Wildman–Crippen LogP) is 1.50. The number of nitrogens with one attached hydrogen (secondary N) is 3. The Kier molecular flexibility index (Phi) is 10.6. The van der Waals surface area contributed by atoms with Crippen molar-refractivity contribution in [3.05, 3.63) is 88.0 Å². The molecule has 2 amide bonds. The van der Waals surface area contributed by atoms with Crippen molar-refractivity contribution in [3.8, 4) is 0 Å². The van der Waals surface area contributed by atoms with Crippen LogP contribution < -0.4 is 26.3 Å². The highest BCUT2D eigenvalue weighted by Gasteiger charge is 2.17. The van der Waals surface area contributed by atoms with E-state index in [4.69, 9.17) is 9.57 Å². The molecule has 0 aliphatic rings. The first kappa shape index (κ1) is 26.4. The van der Waals surface area contributed by atoms with Crippen LogP contribution >= 0.6 is 0 Å². The summed E-state index contributed by atoms with van der Waals surface area (Å²) in [6, 6.07) is 12.4. The summed E-state index contributed by atoms with van der Waals surface area (Å²) in [6.07, 6.45) is 1.68. The molecule has 1 aromatic carbocycles. The number of aromatic nitrogens is 1. The number of nitrogens with zero attached hydrogens (tertiary/aromatic N) is 1. The van der Waals surface area contributed by atoms with Gasteiger partial charge in [-0.05, 0) is 37.1 Å². The summed E-state index contributed by atoms with van der Waals surface area (Å²) in [5, 5.41) is 8.24. The minimum absolute atomic E-state index is 0.0733. The van der Waals surface area contributed by atoms with E-state index in [-0.39, 0.29) is 31.4 Å². The van der Waals surface area contributed by atoms with E-state index in [9.17, 15) is 14.4 Å². The number of pyridine rings is 1. The highest BCUT2D eigenvalue weighted by atomic mass is 16.7. The van der Waals surface area contributed by atoms with E-state index < -0.39 is 11.5 Å². The Morgan fingerprint density at radius 1 is 1.06 bits per heavy atom. The normalized spacial score (nSPS) is 11.0. The molecule has 1 aromatic heterocycles. The summed E-state index contributed by atoms with van der Waals surface area (Å²) >= 11 is 0. The van der Waals surface area contributed by atoms with Crippen LogP contribution in [-0.2, 0) is 16.1 Å². The number of likely N-dealkylation sites (N-methyl/N-ethyl adjacent to an activating group) is 1. The van der Waals surface area contributed by atoms with Gasteiger partial charge in [0, 0.05) is 25.7 Å². The molecule has 1 heterocycles. The third-order valence-corrected chi connectivity index (χ3v) is 4.80. The lowest BCUT2D eigenvalue weighted by atomic mass is 10.1. The van der Waals surface area contributed by atoms with Crippen molar-refractivity contribution in [2.75, 3.05) is 33.4 Å². The first-order chi connectivity index (χ1) is 16.4. The molecule has 0 bridgehead atoms. The van der Waals surface area contributed by atoms with E-state index in [1.54, 1.807) is 33.0 Å². The molecule has 0 saturated heterocycles. The quantitative estimate of drug-likeness (QED) is 0.304. The minimum Gasteiger partial charge on any atom is -0.405 e. The van der Waals surface area contributed by atoms with Gasteiger partial charge in [-0.2, -0.15) is 0 Å². The van der Waals surface area contributed by atoms with Gasteiger partial charge in [0.15, 0.2) is 0 Å². The van der Waals surface area contributed by atoms with Crippen molar-refractivity contribution in [3.63, 3.8) is 0 Å². The maximum Gasteiger partial charge on any atom is 0.291 e. The van der Waals surface area contributed by atoms with Gasteiger partial charge in [-0.15, -0.1) is 4.73 Å². The van der Waals surface area contributed by atoms with Crippen LogP contribution in [0.15, 0.2) is 65.6 Å². The summed E-state index contributed by atoms with van der Waals surface area (Å²) in [4.78, 5) is 43.1. The lowest BCUT2D eigenvalue weighted by molar-refractivity contribution is -0.118. The largest absolute Gasteiger partial charge is 0.405 e. The molecule has 0 atom stereocenters. The highest BCUT2D eigenvalue weighted by molar-refractivity contribution is 5.93. The number of benzene rings is 1. The van der Waals surface area contributed by atoms with Crippen molar-refractivity contribution in [2.24, 2.45) is 0 Å². The number of carbonyl (C=O) groups excluding carboxylic acids is 2. The Morgan fingerprint density at radius 2 is 1.74 bits per heavy atom. The summed E-state index contributed by atoms with van der Waals surface area (Å²) < 4.78 is 6.45. The van der Waals surface area contributed by atoms with Gasteiger partial charge in [0.25, 0.3) is 17.4 Å². The first-order valence-electron chi connectivity index (χ1n) is 11.0. The number of hydrogen-bond acceptors (Lipinski definition) is 6. The Bertz CT molecular complexity index is 1080. The number of amides is 2. The van der Waals surface area contributed by atoms with Gasteiger partial charge in [-0.1, -0.05) is 43.0 Å². The van der Waals surface area contributed by atoms with Crippen LogP contribution in [0.1, 0.15) is 35.5 Å². The van der Waals surface area contributed by atoms with E-state index in [0.29, 0.717) is 30.0 Å². The van der Waals surface area contributed by atoms with Gasteiger partial charge in [-0.3, -0.25) is 14.4 Å². The Hall–Kier alpha value is -3.85. The van der Waals surface area contributed by atoms with Crippen molar-refractivity contribution in [1.82, 2.24) is 20.7 Å². The molecule has 0 spiro atoms. The number of rotatable bonds is 13. The molecule has 3 N–H and O–H groups in total. The average molecular weight is 469 g/mol. The number of ether oxygens (including phenoxy) is 1. The molecule has 2 aromatic rings. The zero-order valence-corrected chi connectivity index (χ0v) is 19.8. The maximum absolute atomic E-state index is 12.9. The summed E-state index contributed by atoms with van der Waals surface area (Å²) in [5.74, 6) is -0.685. The second-order valence-corrected chi connectivity index (χ2v) is 7.35. The van der Waals surface area contributed by atoms with Crippen molar-refractivity contribution in [2.45, 2.75) is 20.5 Å². The van der Waals surface area contributed by atoms with E-state index >= 15 is 0 Å². The fourth-order valence-corrected chi connectivity index (χ4v) is 3.00. The van der Waals surface area contributed by atoms with Gasteiger partial charge in [-0.25, -0.2) is 0 Å². The highest BCUT2D eigenvalue weighted by Crippen LogP contribution is 2.08. The third-order valence-electron chi connectivity index (χ3n) is 4.80. The van der Waals surface area contributed by atoms with Gasteiger partial charge in [0.1, 0.15) is 12.3 Å². The molecule has 9 nitrogen and oxygen atoms in total. The monoisotopic (exact) mass is 468 g/mol. The fraction of sp³-hybridized carbons (Fsp3) is 0.320. The molecular weight excluding hydrogens is 436 g/mol. The van der Waals surface area contributed by atoms with E-state index in [1.807, 2.05) is 30.3 Å². The summed E-state index contributed by atoms with van der Waals surface area (Å²) in [5.41, 5.74) is 1.90. The van der Waals surface area contributed by atoms with Gasteiger partial charge >= 0.3 is 0 Å². The van der Waals surface area contributed by atoms with Gasteiger partial charge in [0.2, 0.25) is 0 Å². The molecule has 182 valence electrons. The van der Waals surface area contributed by atoms with Crippen LogP contribution in [-0.4, -0.2) is 49.9 Å². The summed E-state index contributed by atoms with van der Waals surface area (Å²) in [7, 11) is 1.67. The molecular formula is C25H32N4O5. The minimum atomic E-state index is -0.470. The molecule has 0 unspecified atom stereocenters. The molecule has 0 aliphatic carbocycles. The zero-order chi connectivity index (χ0) is 24.9. The Morgan fingerprint density at radius 3 is 2.35 bits per heavy atom. The fourth-order valence-electron chi connectivity index (χ4n) is 3.00. The van der Waals surface area contributed by atoms with Crippen LogP contribution in [0.4, 0.5) is 0 Å². The number of hydrogen-bond donors (Lipinski definition) is 3. The predicted molar refractivity (Wildman–Crippen MR) is 131 cm³/mol. The van der Waals surface area contributed by atoms with E-state index in [0.717, 1.165) is 10.3 Å². The van der Waals surface area contributed by atoms with Crippen LogP contribution in [0.3, 0.4) is 0 Å². The maximum atomic E-state index is 12.9. The van der Waals surface area contributed by atoms with E-state index in [1.165, 1.54) is 6.07 Å². The smallest absolute Gasteiger partial charge is 0.291 e.